The van der Waals surface area contributed by atoms with Crippen molar-refractivity contribution in [1.82, 2.24) is 4.98 Å². The van der Waals surface area contributed by atoms with Crippen molar-refractivity contribution in [2.24, 2.45) is 0 Å². The lowest BCUT2D eigenvalue weighted by Crippen LogP contribution is -1.94. The van der Waals surface area contributed by atoms with Crippen LogP contribution in [0.5, 0.6) is 0 Å². The van der Waals surface area contributed by atoms with E-state index in [1.165, 1.54) is 0 Å². The summed E-state index contributed by atoms with van der Waals surface area (Å²) in [5.41, 5.74) is 1.00. The molecular weight excluding hydrogens is 174 g/mol. The number of methoxy groups -OCH3 is 2. The van der Waals surface area contributed by atoms with Gasteiger partial charge in [-0.3, -0.25) is 0 Å². The molecule has 1 rings (SSSR count). The Morgan fingerprint density at radius 2 is 1.92 bits per heavy atom. The van der Waals surface area contributed by atoms with Crippen LogP contribution in [-0.4, -0.2) is 19.2 Å². The van der Waals surface area contributed by atoms with Crippen molar-refractivity contribution in [3.63, 3.8) is 0 Å². The van der Waals surface area contributed by atoms with E-state index in [0.29, 0.717) is 13.2 Å². The second-order valence-corrected chi connectivity index (χ2v) is 3.76. The predicted molar refractivity (Wildman–Crippen MR) is 48.3 cm³/mol. The van der Waals surface area contributed by atoms with Crippen molar-refractivity contribution in [2.75, 3.05) is 14.2 Å². The number of aromatic nitrogens is 1. The standard InChI is InChI=1S/C8H13NO2S/c1-6-9-7(4-10-2)8(12-6)5-11-3/h4-5H2,1-3H3. The smallest absolute Gasteiger partial charge is 0.0902 e. The van der Waals surface area contributed by atoms with Crippen molar-refractivity contribution in [3.05, 3.63) is 15.6 Å². The molecule has 0 saturated heterocycles. The first-order valence-corrected chi connectivity index (χ1v) is 4.52. The fraction of sp³-hybridized carbons (Fsp3) is 0.625. The number of thiazole rings is 1. The predicted octanol–water partition coefficient (Wildman–Crippen LogP) is 1.74. The molecule has 3 nitrogen and oxygen atoms in total. The number of aryl methyl sites for hydroxylation is 1. The topological polar surface area (TPSA) is 31.4 Å². The van der Waals surface area contributed by atoms with E-state index in [9.17, 15) is 0 Å². The largest absolute Gasteiger partial charge is 0.379 e. The first-order chi connectivity index (χ1) is 5.77. The Labute approximate surface area is 76.3 Å². The molecule has 0 aromatic carbocycles. The van der Waals surface area contributed by atoms with Gasteiger partial charge in [0.25, 0.3) is 0 Å². The van der Waals surface area contributed by atoms with E-state index in [0.717, 1.165) is 15.6 Å². The van der Waals surface area contributed by atoms with Gasteiger partial charge >= 0.3 is 0 Å². The van der Waals surface area contributed by atoms with E-state index < -0.39 is 0 Å². The SMILES string of the molecule is COCc1nc(C)sc1COC. The van der Waals surface area contributed by atoms with Gasteiger partial charge in [0.15, 0.2) is 0 Å². The van der Waals surface area contributed by atoms with E-state index in [4.69, 9.17) is 9.47 Å². The molecule has 68 valence electrons. The summed E-state index contributed by atoms with van der Waals surface area (Å²) >= 11 is 1.66. The van der Waals surface area contributed by atoms with E-state index in [1.54, 1.807) is 25.6 Å². The Hall–Kier alpha value is -0.450. The average Bonchev–Trinajstić information content (AvgIpc) is 2.33. The van der Waals surface area contributed by atoms with Crippen molar-refractivity contribution >= 4 is 11.3 Å². The van der Waals surface area contributed by atoms with Gasteiger partial charge in [-0.1, -0.05) is 0 Å². The summed E-state index contributed by atoms with van der Waals surface area (Å²) in [4.78, 5) is 5.50. The molecule has 4 heteroatoms. The lowest BCUT2D eigenvalue weighted by atomic mass is 10.4. The van der Waals surface area contributed by atoms with Gasteiger partial charge in [0, 0.05) is 14.2 Å². The minimum Gasteiger partial charge on any atom is -0.379 e. The van der Waals surface area contributed by atoms with Gasteiger partial charge in [-0.2, -0.15) is 0 Å². The van der Waals surface area contributed by atoms with Crippen LogP contribution in [0.3, 0.4) is 0 Å². The molecule has 0 aliphatic heterocycles. The number of rotatable bonds is 4. The van der Waals surface area contributed by atoms with E-state index >= 15 is 0 Å². The van der Waals surface area contributed by atoms with Crippen LogP contribution in [0.1, 0.15) is 15.6 Å². The summed E-state index contributed by atoms with van der Waals surface area (Å²) in [6.07, 6.45) is 0. The molecule has 0 unspecified atom stereocenters. The molecule has 0 bridgehead atoms. The molecule has 0 radical (unpaired) electrons. The summed E-state index contributed by atoms with van der Waals surface area (Å²) in [6.45, 7) is 3.19. The van der Waals surface area contributed by atoms with Gasteiger partial charge in [0.05, 0.1) is 28.8 Å². The highest BCUT2D eigenvalue weighted by Crippen LogP contribution is 2.19. The maximum atomic E-state index is 5.04. The van der Waals surface area contributed by atoms with Crippen molar-refractivity contribution in [3.8, 4) is 0 Å². The minimum absolute atomic E-state index is 0.572. The van der Waals surface area contributed by atoms with Crippen LogP contribution in [0, 0.1) is 6.92 Å². The molecule has 0 fully saturated rings. The summed E-state index contributed by atoms with van der Waals surface area (Å²) in [5.74, 6) is 0. The second-order valence-electron chi connectivity index (χ2n) is 2.47. The van der Waals surface area contributed by atoms with Gasteiger partial charge < -0.3 is 9.47 Å². The highest BCUT2D eigenvalue weighted by molar-refractivity contribution is 7.11. The van der Waals surface area contributed by atoms with Gasteiger partial charge in [-0.05, 0) is 6.92 Å². The normalized spacial score (nSPS) is 10.6. The summed E-state index contributed by atoms with van der Waals surface area (Å²) in [5, 5.41) is 1.06. The van der Waals surface area contributed by atoms with Crippen molar-refractivity contribution < 1.29 is 9.47 Å². The summed E-state index contributed by atoms with van der Waals surface area (Å²) < 4.78 is 10.1. The molecule has 0 atom stereocenters. The molecule has 0 N–H and O–H groups in total. The zero-order valence-electron chi connectivity index (χ0n) is 7.59. The molecule has 1 aromatic rings. The molecular formula is C8H13NO2S. The average molecular weight is 187 g/mol. The maximum Gasteiger partial charge on any atom is 0.0902 e. The molecule has 0 spiro atoms. The van der Waals surface area contributed by atoms with Crippen LogP contribution < -0.4 is 0 Å². The first-order valence-electron chi connectivity index (χ1n) is 3.71. The monoisotopic (exact) mass is 187 g/mol. The maximum absolute atomic E-state index is 5.04. The van der Waals surface area contributed by atoms with E-state index in [2.05, 4.69) is 4.98 Å². The Balaban J connectivity index is 2.76. The lowest BCUT2D eigenvalue weighted by Gasteiger charge is -1.98. The number of hydrogen-bond donors (Lipinski definition) is 0. The lowest BCUT2D eigenvalue weighted by molar-refractivity contribution is 0.168. The Kier molecular flexibility index (Phi) is 3.65. The van der Waals surface area contributed by atoms with Crippen LogP contribution >= 0.6 is 11.3 Å². The van der Waals surface area contributed by atoms with Gasteiger partial charge in [0.2, 0.25) is 0 Å². The van der Waals surface area contributed by atoms with E-state index in [1.807, 2.05) is 6.92 Å². The highest BCUT2D eigenvalue weighted by atomic mass is 32.1. The van der Waals surface area contributed by atoms with Crippen LogP contribution in [0.4, 0.5) is 0 Å². The second kappa shape index (κ2) is 4.54. The molecule has 1 aromatic heterocycles. The quantitative estimate of drug-likeness (QED) is 0.719. The fourth-order valence-electron chi connectivity index (χ4n) is 1.01. The zero-order valence-corrected chi connectivity index (χ0v) is 8.40. The van der Waals surface area contributed by atoms with Crippen molar-refractivity contribution in [2.45, 2.75) is 20.1 Å². The molecule has 0 aliphatic carbocycles. The summed E-state index contributed by atoms with van der Waals surface area (Å²) in [7, 11) is 3.36. The minimum atomic E-state index is 0.572. The summed E-state index contributed by atoms with van der Waals surface area (Å²) in [6, 6.07) is 0. The number of ether oxygens (including phenoxy) is 2. The van der Waals surface area contributed by atoms with E-state index in [-0.39, 0.29) is 0 Å². The van der Waals surface area contributed by atoms with Crippen LogP contribution in [0.2, 0.25) is 0 Å². The third-order valence-electron chi connectivity index (χ3n) is 1.44. The third kappa shape index (κ3) is 2.27. The molecule has 0 saturated carbocycles. The van der Waals surface area contributed by atoms with Crippen molar-refractivity contribution in [1.29, 1.82) is 0 Å². The van der Waals surface area contributed by atoms with Crippen LogP contribution in [-0.2, 0) is 22.7 Å². The Bertz CT molecular complexity index is 224. The van der Waals surface area contributed by atoms with Gasteiger partial charge in [-0.25, -0.2) is 4.98 Å². The third-order valence-corrected chi connectivity index (χ3v) is 2.43. The number of hydrogen-bond acceptors (Lipinski definition) is 4. The molecule has 12 heavy (non-hydrogen) atoms. The fourth-order valence-corrected chi connectivity index (χ4v) is 1.92. The van der Waals surface area contributed by atoms with Gasteiger partial charge in [-0.15, -0.1) is 11.3 Å². The highest BCUT2D eigenvalue weighted by Gasteiger charge is 2.07. The van der Waals surface area contributed by atoms with Crippen LogP contribution in [0.25, 0.3) is 0 Å². The molecule has 0 aliphatic rings. The Morgan fingerprint density at radius 3 is 2.50 bits per heavy atom. The molecule has 0 amide bonds. The Morgan fingerprint density at radius 1 is 1.25 bits per heavy atom. The van der Waals surface area contributed by atoms with Crippen LogP contribution in [0.15, 0.2) is 0 Å². The molecule has 1 heterocycles. The number of nitrogens with zero attached hydrogens (tertiary/aromatic N) is 1. The first kappa shape index (κ1) is 9.64. The zero-order chi connectivity index (χ0) is 8.97. The van der Waals surface area contributed by atoms with Gasteiger partial charge in [0.1, 0.15) is 0 Å².